The molecule has 3 heteroatoms. The molecule has 0 spiro atoms. The van der Waals surface area contributed by atoms with Crippen LogP contribution in [0.3, 0.4) is 0 Å². The molecule has 0 aliphatic carbocycles. The van der Waals surface area contributed by atoms with E-state index in [0.29, 0.717) is 0 Å². The molecule has 3 rings (SSSR count). The number of nitrogens with zero attached hydrogens (tertiary/aromatic N) is 1. The summed E-state index contributed by atoms with van der Waals surface area (Å²) in [5.41, 5.74) is 2.61. The minimum Gasteiger partial charge on any atom is -0.497 e. The van der Waals surface area contributed by atoms with E-state index < -0.39 is 0 Å². The number of benzene rings is 2. The number of ether oxygens (including phenoxy) is 1. The van der Waals surface area contributed by atoms with Crippen LogP contribution in [0.4, 0.5) is 5.69 Å². The van der Waals surface area contributed by atoms with Crippen LogP contribution in [0.5, 0.6) is 5.75 Å². The Bertz CT molecular complexity index is 499. The zero-order valence-electron chi connectivity index (χ0n) is 9.59. The van der Waals surface area contributed by atoms with E-state index in [1.807, 2.05) is 12.1 Å². The predicted octanol–water partition coefficient (Wildman–Crippen LogP) is 3.72. The Morgan fingerprint density at radius 3 is 2.53 bits per heavy atom. The molecule has 1 aliphatic heterocycles. The number of hydrogen-bond donors (Lipinski definition) is 0. The maximum absolute atomic E-state index is 5.17. The van der Waals surface area contributed by atoms with Gasteiger partial charge in [0.2, 0.25) is 0 Å². The molecule has 17 heavy (non-hydrogen) atoms. The summed E-state index contributed by atoms with van der Waals surface area (Å²) in [5.74, 6) is 0.899. The summed E-state index contributed by atoms with van der Waals surface area (Å²) in [6, 6.07) is 16.7. The van der Waals surface area contributed by atoms with Gasteiger partial charge in [0, 0.05) is 10.6 Å². The fourth-order valence-electron chi connectivity index (χ4n) is 1.92. The first-order valence-corrected chi connectivity index (χ1v) is 6.31. The number of methoxy groups -OCH3 is 1. The molecule has 0 amide bonds. The van der Waals surface area contributed by atoms with Gasteiger partial charge in [-0.25, -0.2) is 0 Å². The molecule has 0 fully saturated rings. The van der Waals surface area contributed by atoms with Crippen LogP contribution in [0.25, 0.3) is 0 Å². The van der Waals surface area contributed by atoms with Gasteiger partial charge >= 0.3 is 0 Å². The number of hydrogen-bond acceptors (Lipinski definition) is 3. The molecule has 0 bridgehead atoms. The van der Waals surface area contributed by atoms with Gasteiger partial charge in [-0.2, -0.15) is 0 Å². The first-order chi connectivity index (χ1) is 8.36. The van der Waals surface area contributed by atoms with Crippen molar-refractivity contribution < 1.29 is 4.74 Å². The van der Waals surface area contributed by atoms with Gasteiger partial charge < -0.3 is 9.04 Å². The average Bonchev–Trinajstić information content (AvgIpc) is 2.82. The van der Waals surface area contributed by atoms with Crippen LogP contribution in [0.2, 0.25) is 0 Å². The third-order valence-electron chi connectivity index (χ3n) is 2.86. The molecule has 0 radical (unpaired) electrons. The minimum absolute atomic E-state index is 0.899. The Labute approximate surface area is 105 Å². The van der Waals surface area contributed by atoms with Crippen molar-refractivity contribution in [3.05, 3.63) is 54.1 Å². The van der Waals surface area contributed by atoms with Crippen LogP contribution >= 0.6 is 11.9 Å². The van der Waals surface area contributed by atoms with E-state index in [4.69, 9.17) is 4.74 Å². The molecule has 1 heterocycles. The van der Waals surface area contributed by atoms with E-state index in [2.05, 4.69) is 40.7 Å². The van der Waals surface area contributed by atoms with E-state index in [0.717, 1.165) is 12.3 Å². The molecule has 2 nitrogen and oxygen atoms in total. The Morgan fingerprint density at radius 1 is 1.06 bits per heavy atom. The Morgan fingerprint density at radius 2 is 1.82 bits per heavy atom. The van der Waals surface area contributed by atoms with Gasteiger partial charge in [0.1, 0.15) is 5.75 Å². The molecule has 1 aliphatic rings. The summed E-state index contributed by atoms with van der Waals surface area (Å²) >= 11 is 1.80. The van der Waals surface area contributed by atoms with Crippen molar-refractivity contribution in [3.63, 3.8) is 0 Å². The van der Waals surface area contributed by atoms with Crippen LogP contribution in [-0.4, -0.2) is 7.11 Å². The molecule has 0 saturated carbocycles. The van der Waals surface area contributed by atoms with Gasteiger partial charge in [0.15, 0.2) is 0 Å². The van der Waals surface area contributed by atoms with E-state index in [1.54, 1.807) is 19.1 Å². The van der Waals surface area contributed by atoms with Crippen LogP contribution in [-0.2, 0) is 6.54 Å². The SMILES string of the molecule is COc1ccc(N2Cc3ccccc3S2)cc1. The minimum atomic E-state index is 0.899. The molecule has 0 unspecified atom stereocenters. The zero-order valence-corrected chi connectivity index (χ0v) is 10.4. The highest BCUT2D eigenvalue weighted by Gasteiger charge is 2.19. The van der Waals surface area contributed by atoms with Crippen molar-refractivity contribution in [2.75, 3.05) is 11.4 Å². The molecule has 2 aromatic rings. The van der Waals surface area contributed by atoms with E-state index >= 15 is 0 Å². The van der Waals surface area contributed by atoms with Gasteiger partial charge in [0.25, 0.3) is 0 Å². The number of fused-ring (bicyclic) bond motifs is 1. The number of anilines is 1. The molecule has 2 aromatic carbocycles. The lowest BCUT2D eigenvalue weighted by atomic mass is 10.2. The molecular formula is C14H13NOS. The quantitative estimate of drug-likeness (QED) is 0.746. The lowest BCUT2D eigenvalue weighted by molar-refractivity contribution is 0.415. The molecule has 0 N–H and O–H groups in total. The number of rotatable bonds is 2. The molecular weight excluding hydrogens is 230 g/mol. The fraction of sp³-hybridized carbons (Fsp3) is 0.143. The van der Waals surface area contributed by atoms with Crippen LogP contribution in [0.1, 0.15) is 5.56 Å². The van der Waals surface area contributed by atoms with Gasteiger partial charge in [-0.05, 0) is 47.8 Å². The largest absolute Gasteiger partial charge is 0.497 e. The zero-order chi connectivity index (χ0) is 11.7. The second kappa shape index (κ2) is 4.34. The summed E-state index contributed by atoms with van der Waals surface area (Å²) in [6.45, 7) is 0.965. The maximum Gasteiger partial charge on any atom is 0.119 e. The van der Waals surface area contributed by atoms with Gasteiger partial charge in [0.05, 0.1) is 13.7 Å². The van der Waals surface area contributed by atoms with Gasteiger partial charge in [-0.1, -0.05) is 18.2 Å². The topological polar surface area (TPSA) is 12.5 Å². The second-order valence-electron chi connectivity index (χ2n) is 3.93. The highest BCUT2D eigenvalue weighted by atomic mass is 32.2. The smallest absolute Gasteiger partial charge is 0.119 e. The lowest BCUT2D eigenvalue weighted by Gasteiger charge is -2.16. The van der Waals surface area contributed by atoms with Crippen LogP contribution in [0.15, 0.2) is 53.4 Å². The molecule has 0 atom stereocenters. The normalized spacial score (nSPS) is 13.6. The highest BCUT2D eigenvalue weighted by Crippen LogP contribution is 2.39. The van der Waals surface area contributed by atoms with Crippen molar-refractivity contribution in [1.29, 1.82) is 0 Å². The molecule has 0 aromatic heterocycles. The van der Waals surface area contributed by atoms with Gasteiger partial charge in [-0.3, -0.25) is 0 Å². The predicted molar refractivity (Wildman–Crippen MR) is 71.5 cm³/mol. The Balaban J connectivity index is 1.83. The van der Waals surface area contributed by atoms with Crippen molar-refractivity contribution in [2.45, 2.75) is 11.4 Å². The first-order valence-electron chi connectivity index (χ1n) is 5.54. The third kappa shape index (κ3) is 1.98. The average molecular weight is 243 g/mol. The van der Waals surface area contributed by atoms with Crippen molar-refractivity contribution in [1.82, 2.24) is 0 Å². The first kappa shape index (κ1) is 10.5. The second-order valence-corrected chi connectivity index (χ2v) is 5.00. The van der Waals surface area contributed by atoms with Crippen LogP contribution in [0, 0.1) is 0 Å². The van der Waals surface area contributed by atoms with E-state index in [-0.39, 0.29) is 0 Å². The molecule has 0 saturated heterocycles. The lowest BCUT2D eigenvalue weighted by Crippen LogP contribution is -2.06. The summed E-state index contributed by atoms with van der Waals surface area (Å²) in [4.78, 5) is 1.35. The van der Waals surface area contributed by atoms with Crippen molar-refractivity contribution >= 4 is 17.6 Å². The molecule has 86 valence electrons. The Kier molecular flexibility index (Phi) is 2.69. The van der Waals surface area contributed by atoms with E-state index in [9.17, 15) is 0 Å². The summed E-state index contributed by atoms with van der Waals surface area (Å²) in [7, 11) is 1.69. The maximum atomic E-state index is 5.17. The monoisotopic (exact) mass is 243 g/mol. The summed E-state index contributed by atoms with van der Waals surface area (Å²) in [5, 5.41) is 0. The van der Waals surface area contributed by atoms with E-state index in [1.165, 1.54) is 16.1 Å². The van der Waals surface area contributed by atoms with Crippen molar-refractivity contribution in [2.24, 2.45) is 0 Å². The van der Waals surface area contributed by atoms with Crippen LogP contribution < -0.4 is 9.04 Å². The van der Waals surface area contributed by atoms with Gasteiger partial charge in [-0.15, -0.1) is 0 Å². The highest BCUT2D eigenvalue weighted by molar-refractivity contribution is 8.01. The Hall–Kier alpha value is -1.61. The standard InChI is InChI=1S/C14H13NOS/c1-16-13-8-6-12(7-9-13)15-10-11-4-2-3-5-14(11)17-15/h2-9H,10H2,1H3. The fourth-order valence-corrected chi connectivity index (χ4v) is 2.98. The third-order valence-corrected chi connectivity index (χ3v) is 4.01. The van der Waals surface area contributed by atoms with Crippen molar-refractivity contribution in [3.8, 4) is 5.75 Å². The summed E-state index contributed by atoms with van der Waals surface area (Å²) < 4.78 is 7.46. The summed E-state index contributed by atoms with van der Waals surface area (Å²) in [6.07, 6.45) is 0.